The molecule has 0 N–H and O–H groups in total. The Hall–Kier alpha value is -5.69. The molecule has 0 aromatic heterocycles. The van der Waals surface area contributed by atoms with Crippen LogP contribution in [0.4, 0.5) is 62.3 Å². The number of esters is 2. The average molecular weight is 1210 g/mol. The van der Waals surface area contributed by atoms with Gasteiger partial charge in [0.15, 0.2) is 6.29 Å². The van der Waals surface area contributed by atoms with Gasteiger partial charge < -0.3 is 38.2 Å². The van der Waals surface area contributed by atoms with Gasteiger partial charge in [0.05, 0.1) is 18.8 Å². The molecule has 2 amide bonds. The molecule has 1 aliphatic carbocycles. The number of ether oxygens (including phenoxy) is 6. The van der Waals surface area contributed by atoms with E-state index in [0.717, 1.165) is 77.8 Å². The van der Waals surface area contributed by atoms with Gasteiger partial charge in [0.25, 0.3) is 12.2 Å². The highest BCUT2D eigenvalue weighted by Gasteiger charge is 2.61. The number of hydrogen-bond donors (Lipinski definition) is 0. The zero-order valence-corrected chi connectivity index (χ0v) is 48.1. The van der Waals surface area contributed by atoms with Crippen molar-refractivity contribution >= 4 is 30.4 Å². The van der Waals surface area contributed by atoms with Crippen molar-refractivity contribution in [2.24, 2.45) is 5.41 Å². The molecular formula is C57H77F12N3O11. The van der Waals surface area contributed by atoms with E-state index in [1.165, 1.54) is 0 Å². The Morgan fingerprint density at radius 3 is 1.37 bits per heavy atom. The summed E-state index contributed by atoms with van der Waals surface area (Å²) in [6.45, 7) is 17.0. The number of aldehydes is 1. The van der Waals surface area contributed by atoms with Crippen LogP contribution < -0.4 is 9.47 Å². The molecule has 26 heteroatoms. The number of halogens is 12. The van der Waals surface area contributed by atoms with Crippen LogP contribution in [-0.2, 0) is 35.1 Å². The Morgan fingerprint density at radius 2 is 0.952 bits per heavy atom. The Kier molecular flexibility index (Phi) is 24.3. The first-order chi connectivity index (χ1) is 38.2. The SMILES string of the molecule is Cc1ccc(C=O)c(OCCCC(=O)OC(C)(C)C)c1.Cc1ccc(CN2CCCC23CCN(C(=O)OC(C(F)(F)F)C(F)(F)F)CC3)c(OCCCC(=O)OC(C)(C)C)c1.O=C(OC(C(F)(F)F)C(F)(F)F)N1CCC2(CCCC2)CC1. The molecule has 3 aliphatic heterocycles. The summed E-state index contributed by atoms with van der Waals surface area (Å²) in [6.07, 6.45) is -24.1. The fourth-order valence-electron chi connectivity index (χ4n) is 10.3. The molecule has 2 spiro atoms. The lowest BCUT2D eigenvalue weighted by atomic mass is 9.77. The van der Waals surface area contributed by atoms with Gasteiger partial charge in [-0.15, -0.1) is 0 Å². The molecule has 83 heavy (non-hydrogen) atoms. The summed E-state index contributed by atoms with van der Waals surface area (Å²) >= 11 is 0. The van der Waals surface area contributed by atoms with E-state index in [9.17, 15) is 76.7 Å². The third-order valence-corrected chi connectivity index (χ3v) is 14.4. The summed E-state index contributed by atoms with van der Waals surface area (Å²) in [5.41, 5.74) is 2.21. The third-order valence-electron chi connectivity index (χ3n) is 14.4. The van der Waals surface area contributed by atoms with Crippen molar-refractivity contribution in [3.63, 3.8) is 0 Å². The summed E-state index contributed by atoms with van der Waals surface area (Å²) < 4.78 is 181. The minimum Gasteiger partial charge on any atom is -0.493 e. The maximum atomic E-state index is 12.8. The van der Waals surface area contributed by atoms with Gasteiger partial charge in [-0.1, -0.05) is 31.0 Å². The molecule has 3 heterocycles. The number of likely N-dealkylation sites (tertiary alicyclic amines) is 3. The van der Waals surface area contributed by atoms with Crippen LogP contribution in [0.25, 0.3) is 0 Å². The first kappa shape index (κ1) is 69.8. The van der Waals surface area contributed by atoms with Crippen LogP contribution in [-0.4, -0.2) is 145 Å². The van der Waals surface area contributed by atoms with E-state index in [1.54, 1.807) is 26.8 Å². The summed E-state index contributed by atoms with van der Waals surface area (Å²) in [5.74, 6) is 0.708. The van der Waals surface area contributed by atoms with Crippen molar-refractivity contribution in [2.45, 2.75) is 205 Å². The molecule has 0 unspecified atom stereocenters. The highest BCUT2D eigenvalue weighted by molar-refractivity contribution is 5.79. The number of amides is 2. The second-order valence-electron chi connectivity index (χ2n) is 23.5. The number of carbonyl (C=O) groups is 5. The smallest absolute Gasteiger partial charge is 0.434 e. The van der Waals surface area contributed by atoms with Crippen LogP contribution in [0.5, 0.6) is 11.5 Å². The minimum atomic E-state index is -5.75. The van der Waals surface area contributed by atoms with Crippen molar-refractivity contribution in [3.05, 3.63) is 58.7 Å². The molecule has 3 saturated heterocycles. The molecule has 4 aliphatic rings. The van der Waals surface area contributed by atoms with E-state index < -0.39 is 60.3 Å². The number of carbonyl (C=O) groups excluding carboxylic acids is 5. The molecular weight excluding hydrogens is 1130 g/mol. The van der Waals surface area contributed by atoms with Crippen molar-refractivity contribution in [1.29, 1.82) is 0 Å². The number of piperidine rings is 2. The molecule has 4 fully saturated rings. The standard InChI is InChI=1S/C28H38F6N2O5.C16H22O4.C13H17F6NO2/c1-19-8-9-20(21(17-19)39-16-5-7-22(37)41-25(2,3)4)18-36-13-6-10-26(36)11-14-35(15-12-26)24(38)40-23(27(29,30)31)28(32,33)34;1-12-7-8-13(11-17)14(10-12)19-9-5-6-15(18)20-16(2,3)4;14-12(15,16)9(13(17,18)19)22-10(21)20-7-5-11(6-8-20)3-1-2-4-11/h8-9,17,23H,5-7,10-16,18H2,1-4H3;7-8,10-11H,5-6,9H2,1-4H3;9H,1-8H2. The van der Waals surface area contributed by atoms with Crippen LogP contribution in [0, 0.1) is 19.3 Å². The highest BCUT2D eigenvalue weighted by atomic mass is 19.4. The van der Waals surface area contributed by atoms with E-state index in [-0.39, 0.29) is 55.5 Å². The number of rotatable bonds is 15. The first-order valence-corrected chi connectivity index (χ1v) is 27.5. The topological polar surface area (TPSA) is 150 Å². The number of hydrogen-bond acceptors (Lipinski definition) is 12. The van der Waals surface area contributed by atoms with Crippen molar-refractivity contribution < 1.29 is 105 Å². The van der Waals surface area contributed by atoms with Crippen molar-refractivity contribution in [2.75, 3.05) is 45.9 Å². The van der Waals surface area contributed by atoms with Crippen LogP contribution in [0.3, 0.4) is 0 Å². The maximum absolute atomic E-state index is 12.8. The van der Waals surface area contributed by atoms with Gasteiger partial charge in [0, 0.05) is 56.7 Å². The van der Waals surface area contributed by atoms with Gasteiger partial charge in [0.2, 0.25) is 0 Å². The predicted octanol–water partition coefficient (Wildman–Crippen LogP) is 14.1. The second kappa shape index (κ2) is 28.9. The number of aryl methyl sites for hydroxylation is 2. The van der Waals surface area contributed by atoms with Gasteiger partial charge in [-0.25, -0.2) is 9.59 Å². The zero-order chi connectivity index (χ0) is 62.4. The van der Waals surface area contributed by atoms with Gasteiger partial charge in [-0.3, -0.25) is 19.3 Å². The Balaban J connectivity index is 0.000000296. The molecule has 0 radical (unpaired) electrons. The molecule has 2 aromatic carbocycles. The fraction of sp³-hybridized carbons (Fsp3) is 0.702. The second-order valence-corrected chi connectivity index (χ2v) is 23.5. The lowest BCUT2D eigenvalue weighted by Crippen LogP contribution is -2.54. The zero-order valence-electron chi connectivity index (χ0n) is 48.1. The molecule has 2 aromatic rings. The lowest BCUT2D eigenvalue weighted by molar-refractivity contribution is -0.309. The largest absolute Gasteiger partial charge is 0.493 e. The van der Waals surface area contributed by atoms with E-state index in [4.69, 9.17) is 18.9 Å². The first-order valence-electron chi connectivity index (χ1n) is 27.5. The average Bonchev–Trinajstić information content (AvgIpc) is 4.21. The van der Waals surface area contributed by atoms with Gasteiger partial charge in [-0.2, -0.15) is 52.7 Å². The van der Waals surface area contributed by atoms with E-state index >= 15 is 0 Å². The van der Waals surface area contributed by atoms with Crippen LogP contribution in [0.2, 0.25) is 0 Å². The monoisotopic (exact) mass is 1210 g/mol. The quantitative estimate of drug-likeness (QED) is 0.0549. The fourth-order valence-corrected chi connectivity index (χ4v) is 10.3. The van der Waals surface area contributed by atoms with Gasteiger partial charge >= 0.3 is 48.8 Å². The van der Waals surface area contributed by atoms with E-state index in [1.807, 2.05) is 65.0 Å². The van der Waals surface area contributed by atoms with Crippen LogP contribution >= 0.6 is 0 Å². The van der Waals surface area contributed by atoms with Crippen molar-refractivity contribution in [3.8, 4) is 11.5 Å². The molecule has 6 rings (SSSR count). The number of benzene rings is 2. The molecule has 1 saturated carbocycles. The molecule has 0 atom stereocenters. The summed E-state index contributed by atoms with van der Waals surface area (Å²) in [7, 11) is 0. The molecule has 0 bridgehead atoms. The summed E-state index contributed by atoms with van der Waals surface area (Å²) in [5, 5.41) is 0. The van der Waals surface area contributed by atoms with Crippen LogP contribution in [0.1, 0.15) is 158 Å². The van der Waals surface area contributed by atoms with E-state index in [0.29, 0.717) is 81.8 Å². The van der Waals surface area contributed by atoms with Crippen molar-refractivity contribution in [1.82, 2.24) is 14.7 Å². The highest BCUT2D eigenvalue weighted by Crippen LogP contribution is 2.47. The lowest BCUT2D eigenvalue weighted by Gasteiger charge is -2.45. The normalized spacial score (nSPS) is 17.6. The maximum Gasteiger partial charge on any atom is 0.434 e. The Morgan fingerprint density at radius 1 is 0.542 bits per heavy atom. The molecule has 470 valence electrons. The van der Waals surface area contributed by atoms with Crippen LogP contribution in [0.15, 0.2) is 36.4 Å². The van der Waals surface area contributed by atoms with Gasteiger partial charge in [0.1, 0.15) is 22.7 Å². The summed E-state index contributed by atoms with van der Waals surface area (Å²) in [4.78, 5) is 62.3. The third kappa shape index (κ3) is 22.7. The number of nitrogens with zero attached hydrogens (tertiary/aromatic N) is 3. The predicted molar refractivity (Wildman–Crippen MR) is 279 cm³/mol. The van der Waals surface area contributed by atoms with E-state index in [2.05, 4.69) is 14.4 Å². The Bertz CT molecular complexity index is 2420. The van der Waals surface area contributed by atoms with Gasteiger partial charge in [-0.05, 0) is 161 Å². The Labute approximate surface area is 476 Å². The molecule has 14 nitrogen and oxygen atoms in total. The minimum absolute atomic E-state index is 0.0142. The number of alkyl halides is 12. The summed E-state index contributed by atoms with van der Waals surface area (Å²) in [6, 6.07) is 11.2.